The fourth-order valence-corrected chi connectivity index (χ4v) is 2.17. The number of rotatable bonds is 7. The Morgan fingerprint density at radius 1 is 1.43 bits per heavy atom. The second-order valence-electron chi connectivity index (χ2n) is 6.02. The molecule has 0 amide bonds. The molecule has 0 aromatic heterocycles. The summed E-state index contributed by atoms with van der Waals surface area (Å²) >= 11 is 0. The molecule has 0 aliphatic carbocycles. The Kier molecular flexibility index (Phi) is 9.75. The highest BCUT2D eigenvalue weighted by Gasteiger charge is 2.34. The van der Waals surface area contributed by atoms with Crippen molar-refractivity contribution in [1.29, 1.82) is 0 Å². The Morgan fingerprint density at radius 2 is 2.14 bits per heavy atom. The van der Waals surface area contributed by atoms with E-state index in [1.165, 1.54) is 0 Å². The summed E-state index contributed by atoms with van der Waals surface area (Å²) in [4.78, 5) is 4.21. The Bertz CT molecular complexity index is 319. The third kappa shape index (κ3) is 7.12. The zero-order chi connectivity index (χ0) is 15.1. The van der Waals surface area contributed by atoms with E-state index in [-0.39, 0.29) is 41.6 Å². The second kappa shape index (κ2) is 9.81. The van der Waals surface area contributed by atoms with Gasteiger partial charge in [0.25, 0.3) is 0 Å². The minimum absolute atomic E-state index is 0. The number of nitrogens with one attached hydrogen (secondary N) is 2. The fraction of sp³-hybridized carbons (Fsp3) is 0.929. The summed E-state index contributed by atoms with van der Waals surface area (Å²) in [5, 5.41) is 15.8. The van der Waals surface area contributed by atoms with Gasteiger partial charge in [-0.25, -0.2) is 0 Å². The minimum Gasteiger partial charge on any atom is -0.396 e. The summed E-state index contributed by atoms with van der Waals surface area (Å²) in [6.07, 6.45) is 1.72. The number of aliphatic imine (C=N–C) groups is 1. The minimum atomic E-state index is -0.239. The van der Waals surface area contributed by atoms with Gasteiger partial charge in [-0.1, -0.05) is 0 Å². The van der Waals surface area contributed by atoms with Crippen LogP contribution in [0.25, 0.3) is 0 Å². The first kappa shape index (κ1) is 20.9. The number of nitrogens with zero attached hydrogens (tertiary/aromatic N) is 1. The van der Waals surface area contributed by atoms with Crippen LogP contribution in [-0.2, 0) is 9.47 Å². The number of hydrogen-bond donors (Lipinski definition) is 3. The number of hydrogen-bond acceptors (Lipinski definition) is 4. The van der Waals surface area contributed by atoms with Gasteiger partial charge in [0, 0.05) is 45.9 Å². The van der Waals surface area contributed by atoms with E-state index in [1.54, 1.807) is 14.2 Å². The Labute approximate surface area is 145 Å². The molecule has 3 N–H and O–H groups in total. The Balaban J connectivity index is 0.00000400. The number of halogens is 1. The SMILES string of the molecule is CN=C(NCC1(CCO)CCOC1)NCC(C)(C)OC.I. The number of aliphatic hydroxyl groups is 1. The zero-order valence-corrected chi connectivity index (χ0v) is 15.9. The van der Waals surface area contributed by atoms with Crippen LogP contribution in [0.1, 0.15) is 26.7 Å². The third-order valence-corrected chi connectivity index (χ3v) is 3.92. The van der Waals surface area contributed by atoms with E-state index in [4.69, 9.17) is 9.47 Å². The molecule has 1 aliphatic heterocycles. The van der Waals surface area contributed by atoms with E-state index in [0.29, 0.717) is 13.2 Å². The summed E-state index contributed by atoms with van der Waals surface area (Å²) < 4.78 is 10.8. The van der Waals surface area contributed by atoms with Gasteiger partial charge < -0.3 is 25.2 Å². The molecule has 1 fully saturated rings. The summed E-state index contributed by atoms with van der Waals surface area (Å²) in [6, 6.07) is 0. The van der Waals surface area contributed by atoms with Crippen LogP contribution in [0.15, 0.2) is 4.99 Å². The number of guanidine groups is 1. The Morgan fingerprint density at radius 3 is 2.62 bits per heavy atom. The van der Waals surface area contributed by atoms with Crippen molar-refractivity contribution in [2.45, 2.75) is 32.3 Å². The molecule has 1 atom stereocenters. The van der Waals surface area contributed by atoms with Crippen molar-refractivity contribution < 1.29 is 14.6 Å². The number of methoxy groups -OCH3 is 1. The molecule has 1 aliphatic rings. The molecule has 0 bridgehead atoms. The first-order chi connectivity index (χ1) is 9.47. The average molecular weight is 415 g/mol. The molecule has 1 unspecified atom stereocenters. The quantitative estimate of drug-likeness (QED) is 0.329. The summed E-state index contributed by atoms with van der Waals surface area (Å²) in [5.41, 5.74) is -0.222. The third-order valence-electron chi connectivity index (χ3n) is 3.92. The van der Waals surface area contributed by atoms with Crippen LogP contribution < -0.4 is 10.6 Å². The van der Waals surface area contributed by atoms with Crippen LogP contribution in [0.2, 0.25) is 0 Å². The van der Waals surface area contributed by atoms with E-state index in [2.05, 4.69) is 15.6 Å². The molecule has 1 heterocycles. The standard InChI is InChI=1S/C14H29N3O3.HI/c1-13(2,19-4)9-16-12(15-3)17-10-14(5-7-18)6-8-20-11-14;/h18H,5-11H2,1-4H3,(H2,15,16,17);1H. The lowest BCUT2D eigenvalue weighted by molar-refractivity contribution is 0.0267. The normalized spacial score (nSPS) is 22.8. The van der Waals surface area contributed by atoms with Gasteiger partial charge in [-0.15, -0.1) is 24.0 Å². The first-order valence-corrected chi connectivity index (χ1v) is 7.15. The van der Waals surface area contributed by atoms with E-state index >= 15 is 0 Å². The van der Waals surface area contributed by atoms with Gasteiger partial charge in [0.05, 0.1) is 12.2 Å². The van der Waals surface area contributed by atoms with Crippen molar-refractivity contribution in [1.82, 2.24) is 10.6 Å². The van der Waals surface area contributed by atoms with Gasteiger partial charge >= 0.3 is 0 Å². The summed E-state index contributed by atoms with van der Waals surface area (Å²) in [7, 11) is 3.45. The molecule has 1 rings (SSSR count). The van der Waals surface area contributed by atoms with Crippen molar-refractivity contribution >= 4 is 29.9 Å². The molecular weight excluding hydrogens is 385 g/mol. The average Bonchev–Trinajstić information content (AvgIpc) is 2.88. The van der Waals surface area contributed by atoms with E-state index < -0.39 is 0 Å². The maximum Gasteiger partial charge on any atom is 0.191 e. The maximum atomic E-state index is 9.21. The van der Waals surface area contributed by atoms with Gasteiger partial charge in [-0.2, -0.15) is 0 Å². The van der Waals surface area contributed by atoms with Crippen LogP contribution in [0, 0.1) is 5.41 Å². The highest BCUT2D eigenvalue weighted by atomic mass is 127. The van der Waals surface area contributed by atoms with Crippen LogP contribution in [0.3, 0.4) is 0 Å². The predicted octanol–water partition coefficient (Wildman–Crippen LogP) is 0.983. The molecule has 6 nitrogen and oxygen atoms in total. The van der Waals surface area contributed by atoms with Gasteiger partial charge in [-0.05, 0) is 26.7 Å². The summed E-state index contributed by atoms with van der Waals surface area (Å²) in [5.74, 6) is 0.749. The highest BCUT2D eigenvalue weighted by Crippen LogP contribution is 2.31. The van der Waals surface area contributed by atoms with Crippen molar-refractivity contribution in [3.05, 3.63) is 0 Å². The first-order valence-electron chi connectivity index (χ1n) is 7.15. The molecule has 0 aromatic carbocycles. The monoisotopic (exact) mass is 415 g/mol. The van der Waals surface area contributed by atoms with Gasteiger partial charge in [0.15, 0.2) is 5.96 Å². The van der Waals surface area contributed by atoms with Crippen LogP contribution in [0.5, 0.6) is 0 Å². The Hall–Kier alpha value is -0.120. The van der Waals surface area contributed by atoms with Gasteiger partial charge in [-0.3, -0.25) is 4.99 Å². The lowest BCUT2D eigenvalue weighted by Gasteiger charge is -2.29. The lowest BCUT2D eigenvalue weighted by Crippen LogP contribution is -2.48. The topological polar surface area (TPSA) is 75.1 Å². The van der Waals surface area contributed by atoms with Gasteiger partial charge in [0.2, 0.25) is 0 Å². The van der Waals surface area contributed by atoms with Crippen molar-refractivity contribution in [2.75, 3.05) is 47.1 Å². The van der Waals surface area contributed by atoms with E-state index in [0.717, 1.165) is 32.0 Å². The zero-order valence-electron chi connectivity index (χ0n) is 13.6. The largest absolute Gasteiger partial charge is 0.396 e. The molecule has 0 radical (unpaired) electrons. The number of aliphatic hydroxyl groups excluding tert-OH is 1. The molecule has 0 spiro atoms. The molecule has 21 heavy (non-hydrogen) atoms. The van der Waals surface area contributed by atoms with Crippen molar-refractivity contribution in [3.8, 4) is 0 Å². The maximum absolute atomic E-state index is 9.21. The molecule has 1 saturated heterocycles. The molecule has 0 aromatic rings. The van der Waals surface area contributed by atoms with E-state index in [9.17, 15) is 5.11 Å². The van der Waals surface area contributed by atoms with Crippen LogP contribution in [0.4, 0.5) is 0 Å². The molecule has 0 saturated carbocycles. The molecule has 7 heteroatoms. The molecule has 126 valence electrons. The van der Waals surface area contributed by atoms with Crippen LogP contribution in [-0.4, -0.2) is 63.7 Å². The predicted molar refractivity (Wildman–Crippen MR) is 95.4 cm³/mol. The lowest BCUT2D eigenvalue weighted by atomic mass is 9.84. The highest BCUT2D eigenvalue weighted by molar-refractivity contribution is 14.0. The van der Waals surface area contributed by atoms with Gasteiger partial charge in [0.1, 0.15) is 0 Å². The van der Waals surface area contributed by atoms with Crippen molar-refractivity contribution in [2.24, 2.45) is 10.4 Å². The van der Waals surface area contributed by atoms with Crippen LogP contribution >= 0.6 is 24.0 Å². The van der Waals surface area contributed by atoms with Crippen molar-refractivity contribution in [3.63, 3.8) is 0 Å². The fourth-order valence-electron chi connectivity index (χ4n) is 2.17. The van der Waals surface area contributed by atoms with E-state index in [1.807, 2.05) is 13.8 Å². The smallest absolute Gasteiger partial charge is 0.191 e. The number of ether oxygens (including phenoxy) is 2. The second-order valence-corrected chi connectivity index (χ2v) is 6.02. The molecular formula is C14H30IN3O3. The summed E-state index contributed by atoms with van der Waals surface area (Å²) in [6.45, 7) is 7.11.